The van der Waals surface area contributed by atoms with Crippen molar-refractivity contribution in [3.8, 4) is 0 Å². The first kappa shape index (κ1) is 10.4. The Morgan fingerprint density at radius 2 is 2.47 bits per heavy atom. The van der Waals surface area contributed by atoms with Gasteiger partial charge in [0, 0.05) is 11.9 Å². The van der Waals surface area contributed by atoms with Crippen LogP contribution in [-0.2, 0) is 6.54 Å². The van der Waals surface area contributed by atoms with Crippen molar-refractivity contribution in [3.63, 3.8) is 0 Å². The molecule has 0 saturated carbocycles. The van der Waals surface area contributed by atoms with E-state index in [0.717, 1.165) is 23.0 Å². The lowest BCUT2D eigenvalue weighted by atomic mass is 10.2. The van der Waals surface area contributed by atoms with Gasteiger partial charge >= 0.3 is 0 Å². The largest absolute Gasteiger partial charge is 0.468 e. The van der Waals surface area contributed by atoms with E-state index in [2.05, 4.69) is 22.6 Å². The predicted octanol–water partition coefficient (Wildman–Crippen LogP) is 2.90. The molecule has 0 fully saturated rings. The zero-order valence-corrected chi connectivity index (χ0v) is 9.67. The highest BCUT2D eigenvalue weighted by molar-refractivity contribution is 7.09. The van der Waals surface area contributed by atoms with Crippen molar-refractivity contribution in [1.29, 1.82) is 0 Å². The number of aromatic nitrogens is 1. The Kier molecular flexibility index (Phi) is 3.18. The number of hydrogen-bond acceptors (Lipinski definition) is 4. The molecule has 0 aliphatic rings. The third-order valence-electron chi connectivity index (χ3n) is 2.23. The Balaban J connectivity index is 1.88. The smallest absolute Gasteiger partial charge is 0.120 e. The summed E-state index contributed by atoms with van der Waals surface area (Å²) in [6, 6.07) is 4.10. The van der Waals surface area contributed by atoms with Gasteiger partial charge in [0.2, 0.25) is 0 Å². The van der Waals surface area contributed by atoms with Gasteiger partial charge in [-0.1, -0.05) is 0 Å². The van der Waals surface area contributed by atoms with Crippen LogP contribution in [0.15, 0.2) is 28.2 Å². The minimum atomic E-state index is 0.224. The molecule has 0 amide bonds. The van der Waals surface area contributed by atoms with E-state index in [1.165, 1.54) is 0 Å². The van der Waals surface area contributed by atoms with Crippen molar-refractivity contribution in [3.05, 3.63) is 40.2 Å². The van der Waals surface area contributed by atoms with Gasteiger partial charge in [0.1, 0.15) is 5.76 Å². The second kappa shape index (κ2) is 4.59. The quantitative estimate of drug-likeness (QED) is 0.864. The first-order valence-electron chi connectivity index (χ1n) is 4.93. The topological polar surface area (TPSA) is 38.1 Å². The van der Waals surface area contributed by atoms with Crippen LogP contribution in [0.4, 0.5) is 0 Å². The highest BCUT2D eigenvalue weighted by Gasteiger charge is 2.07. The molecule has 80 valence electrons. The molecule has 2 rings (SSSR count). The maximum absolute atomic E-state index is 5.31. The Morgan fingerprint density at radius 3 is 3.07 bits per heavy atom. The van der Waals surface area contributed by atoms with Crippen LogP contribution < -0.4 is 5.32 Å². The fourth-order valence-corrected chi connectivity index (χ4v) is 2.00. The van der Waals surface area contributed by atoms with E-state index in [4.69, 9.17) is 4.42 Å². The molecule has 2 heterocycles. The maximum atomic E-state index is 5.31. The Hall–Kier alpha value is -1.13. The molecule has 0 saturated heterocycles. The summed E-state index contributed by atoms with van der Waals surface area (Å²) in [5.41, 5.74) is 1.09. The van der Waals surface area contributed by atoms with Crippen molar-refractivity contribution < 1.29 is 4.42 Å². The first-order valence-corrected chi connectivity index (χ1v) is 5.81. The van der Waals surface area contributed by atoms with Gasteiger partial charge in [-0.15, -0.1) is 11.3 Å². The van der Waals surface area contributed by atoms with E-state index in [0.29, 0.717) is 0 Å². The normalized spacial score (nSPS) is 12.9. The molecule has 4 heteroatoms. The monoisotopic (exact) mass is 222 g/mol. The van der Waals surface area contributed by atoms with E-state index in [1.807, 2.05) is 19.1 Å². The molecule has 0 spiro atoms. The molecule has 2 aromatic heterocycles. The standard InChI is InChI=1S/C11H14N2OS/c1-8(11-4-3-5-14-11)12-6-10-7-15-9(2)13-10/h3-5,7-8,12H,6H2,1-2H3/t8-/m0/s1. The summed E-state index contributed by atoms with van der Waals surface area (Å²) >= 11 is 1.68. The molecule has 1 atom stereocenters. The molecule has 0 aliphatic heterocycles. The average molecular weight is 222 g/mol. The fourth-order valence-electron chi connectivity index (χ4n) is 1.39. The van der Waals surface area contributed by atoms with Crippen LogP contribution in [0.5, 0.6) is 0 Å². The summed E-state index contributed by atoms with van der Waals surface area (Å²) in [5, 5.41) is 6.55. The second-order valence-electron chi connectivity index (χ2n) is 3.48. The summed E-state index contributed by atoms with van der Waals surface area (Å²) in [5.74, 6) is 0.960. The van der Waals surface area contributed by atoms with Crippen LogP contribution in [0.25, 0.3) is 0 Å². The van der Waals surface area contributed by atoms with Gasteiger partial charge in [0.25, 0.3) is 0 Å². The highest BCUT2D eigenvalue weighted by atomic mass is 32.1. The molecular formula is C11H14N2OS. The lowest BCUT2D eigenvalue weighted by molar-refractivity contribution is 0.429. The second-order valence-corrected chi connectivity index (χ2v) is 4.54. The SMILES string of the molecule is Cc1nc(CN[C@@H](C)c2ccco2)cs1. The lowest BCUT2D eigenvalue weighted by Gasteiger charge is -2.09. The van der Waals surface area contributed by atoms with E-state index < -0.39 is 0 Å². The molecule has 0 radical (unpaired) electrons. The van der Waals surface area contributed by atoms with Gasteiger partial charge in [0.15, 0.2) is 0 Å². The Morgan fingerprint density at radius 1 is 1.60 bits per heavy atom. The van der Waals surface area contributed by atoms with Crippen molar-refractivity contribution in [2.24, 2.45) is 0 Å². The van der Waals surface area contributed by atoms with Gasteiger partial charge < -0.3 is 9.73 Å². The van der Waals surface area contributed by atoms with Crippen LogP contribution in [0.3, 0.4) is 0 Å². The zero-order chi connectivity index (χ0) is 10.7. The maximum Gasteiger partial charge on any atom is 0.120 e. The average Bonchev–Trinajstić information content (AvgIpc) is 2.84. The van der Waals surface area contributed by atoms with E-state index in [1.54, 1.807) is 17.6 Å². The minimum absolute atomic E-state index is 0.224. The number of aryl methyl sites for hydroxylation is 1. The number of nitrogens with zero attached hydrogens (tertiary/aromatic N) is 1. The summed E-state index contributed by atoms with van der Waals surface area (Å²) in [6.45, 7) is 4.88. The minimum Gasteiger partial charge on any atom is -0.468 e. The van der Waals surface area contributed by atoms with Crippen molar-refractivity contribution in [2.45, 2.75) is 26.4 Å². The number of hydrogen-bond donors (Lipinski definition) is 1. The van der Waals surface area contributed by atoms with Crippen LogP contribution >= 0.6 is 11.3 Å². The molecule has 2 aromatic rings. The van der Waals surface area contributed by atoms with Gasteiger partial charge in [-0.05, 0) is 26.0 Å². The van der Waals surface area contributed by atoms with Gasteiger partial charge in [0.05, 0.1) is 23.0 Å². The van der Waals surface area contributed by atoms with E-state index in [9.17, 15) is 0 Å². The number of thiazole rings is 1. The molecule has 0 aliphatic carbocycles. The summed E-state index contributed by atoms with van der Waals surface area (Å²) in [6.07, 6.45) is 1.69. The van der Waals surface area contributed by atoms with E-state index >= 15 is 0 Å². The van der Waals surface area contributed by atoms with Crippen LogP contribution in [0, 0.1) is 6.92 Å². The third kappa shape index (κ3) is 2.67. The predicted molar refractivity (Wildman–Crippen MR) is 60.8 cm³/mol. The molecule has 0 unspecified atom stereocenters. The molecule has 0 aromatic carbocycles. The van der Waals surface area contributed by atoms with Crippen LogP contribution in [0.1, 0.15) is 29.4 Å². The van der Waals surface area contributed by atoms with Crippen LogP contribution in [0.2, 0.25) is 0 Å². The summed E-state index contributed by atoms with van der Waals surface area (Å²) in [7, 11) is 0. The number of furan rings is 1. The number of rotatable bonds is 4. The van der Waals surface area contributed by atoms with Crippen LogP contribution in [-0.4, -0.2) is 4.98 Å². The first-order chi connectivity index (χ1) is 7.25. The summed E-state index contributed by atoms with van der Waals surface area (Å²) < 4.78 is 5.31. The van der Waals surface area contributed by atoms with Crippen molar-refractivity contribution >= 4 is 11.3 Å². The Bertz CT molecular complexity index is 408. The molecule has 1 N–H and O–H groups in total. The van der Waals surface area contributed by atoms with Gasteiger partial charge in [-0.3, -0.25) is 0 Å². The van der Waals surface area contributed by atoms with Crippen molar-refractivity contribution in [1.82, 2.24) is 10.3 Å². The fraction of sp³-hybridized carbons (Fsp3) is 0.364. The van der Waals surface area contributed by atoms with Crippen molar-refractivity contribution in [2.75, 3.05) is 0 Å². The van der Waals surface area contributed by atoms with E-state index in [-0.39, 0.29) is 6.04 Å². The molecule has 15 heavy (non-hydrogen) atoms. The molecule has 3 nitrogen and oxygen atoms in total. The zero-order valence-electron chi connectivity index (χ0n) is 8.86. The van der Waals surface area contributed by atoms with Gasteiger partial charge in [-0.25, -0.2) is 4.98 Å². The highest BCUT2D eigenvalue weighted by Crippen LogP contribution is 2.14. The Labute approximate surface area is 93.2 Å². The summed E-state index contributed by atoms with van der Waals surface area (Å²) in [4.78, 5) is 4.39. The third-order valence-corrected chi connectivity index (χ3v) is 3.05. The van der Waals surface area contributed by atoms with Gasteiger partial charge in [-0.2, -0.15) is 0 Å². The molecular weight excluding hydrogens is 208 g/mol. The number of nitrogens with one attached hydrogen (secondary N) is 1. The lowest BCUT2D eigenvalue weighted by Crippen LogP contribution is -2.17. The molecule has 0 bridgehead atoms.